The smallest absolute Gasteiger partial charge is 0.396 e. The van der Waals surface area contributed by atoms with Crippen molar-refractivity contribution in [1.29, 1.82) is 0 Å². The number of rotatable bonds is 9. The molecule has 90 valence electrons. The Morgan fingerprint density at radius 1 is 1.40 bits per heavy atom. The number of ether oxygens (including phenoxy) is 1. The zero-order valence-corrected chi connectivity index (χ0v) is 10.4. The van der Waals surface area contributed by atoms with Gasteiger partial charge in [0.15, 0.2) is 0 Å². The fourth-order valence-electron chi connectivity index (χ4n) is 1.35. The van der Waals surface area contributed by atoms with Crippen LogP contribution in [0.25, 0.3) is 0 Å². The molecular weight excluding hydrogens is 216 g/mol. The van der Waals surface area contributed by atoms with Gasteiger partial charge in [-0.3, -0.25) is 0 Å². The van der Waals surface area contributed by atoms with Gasteiger partial charge in [-0.1, -0.05) is 0 Å². The van der Waals surface area contributed by atoms with Crippen LogP contribution in [0.3, 0.4) is 0 Å². The summed E-state index contributed by atoms with van der Waals surface area (Å²) in [6.07, 6.45) is 1.90. The van der Waals surface area contributed by atoms with Gasteiger partial charge in [0.1, 0.15) is 0 Å². The van der Waals surface area contributed by atoms with E-state index in [1.807, 2.05) is 0 Å². The Hall–Kier alpha value is 0.0169. The van der Waals surface area contributed by atoms with Crippen LogP contribution in [-0.4, -0.2) is 54.1 Å². The van der Waals surface area contributed by atoms with Gasteiger partial charge in [0.05, 0.1) is 12.7 Å². The number of epoxide rings is 1. The molecule has 5 nitrogen and oxygen atoms in total. The van der Waals surface area contributed by atoms with Gasteiger partial charge in [0, 0.05) is 33.5 Å². The molecule has 0 amide bonds. The van der Waals surface area contributed by atoms with Crippen LogP contribution in [0.1, 0.15) is 12.8 Å². The van der Waals surface area contributed by atoms with Gasteiger partial charge in [-0.05, 0) is 12.8 Å². The highest BCUT2D eigenvalue weighted by Crippen LogP contribution is 2.19. The molecule has 0 aromatic rings. The summed E-state index contributed by atoms with van der Waals surface area (Å²) in [6.45, 7) is 1.58. The standard InChI is InChI=1S/C9H20O5Si/c1-11-15(12-2,7-3-5-10)14-6-4-9-8-13-9/h9-10H,3-8H2,1-2H3/t9-/m1/s1. The molecule has 1 N–H and O–H groups in total. The van der Waals surface area contributed by atoms with Crippen LogP contribution in [-0.2, 0) is 18.0 Å². The van der Waals surface area contributed by atoms with Crippen LogP contribution in [0.2, 0.25) is 6.04 Å². The van der Waals surface area contributed by atoms with E-state index in [0.717, 1.165) is 13.0 Å². The van der Waals surface area contributed by atoms with E-state index in [-0.39, 0.29) is 6.61 Å². The zero-order chi connectivity index (χ0) is 11.1. The van der Waals surface area contributed by atoms with Crippen LogP contribution in [0, 0.1) is 0 Å². The predicted octanol–water partition coefficient (Wildman–Crippen LogP) is 0.406. The minimum atomic E-state index is -2.52. The normalized spacial score (nSPS) is 20.6. The summed E-state index contributed by atoms with van der Waals surface area (Å²) in [4.78, 5) is 0. The van der Waals surface area contributed by atoms with Gasteiger partial charge >= 0.3 is 8.80 Å². The lowest BCUT2D eigenvalue weighted by molar-refractivity contribution is 0.0923. The SMILES string of the molecule is CO[Si](CCCO)(OC)OCC[C@@H]1CO1. The number of hydrogen-bond acceptors (Lipinski definition) is 5. The van der Waals surface area contributed by atoms with Crippen LogP contribution >= 0.6 is 0 Å². The fourth-order valence-corrected chi connectivity index (χ4v) is 3.33. The minimum absolute atomic E-state index is 0.135. The van der Waals surface area contributed by atoms with E-state index in [1.165, 1.54) is 0 Å². The topological polar surface area (TPSA) is 60.5 Å². The Morgan fingerprint density at radius 2 is 2.07 bits per heavy atom. The second kappa shape index (κ2) is 6.57. The molecule has 0 radical (unpaired) electrons. The molecule has 1 fully saturated rings. The minimum Gasteiger partial charge on any atom is -0.396 e. The maximum Gasteiger partial charge on any atom is 0.500 e. The second-order valence-electron chi connectivity index (χ2n) is 3.51. The molecular formula is C9H20O5Si. The Balaban J connectivity index is 2.24. The average molecular weight is 236 g/mol. The number of hydrogen-bond donors (Lipinski definition) is 1. The third-order valence-corrected chi connectivity index (χ3v) is 5.28. The molecule has 1 rings (SSSR count). The van der Waals surface area contributed by atoms with Gasteiger partial charge in [-0.25, -0.2) is 0 Å². The lowest BCUT2D eigenvalue weighted by atomic mass is 10.4. The van der Waals surface area contributed by atoms with Crippen molar-refractivity contribution in [2.24, 2.45) is 0 Å². The number of aliphatic hydroxyl groups is 1. The Bertz CT molecular complexity index is 170. The molecule has 1 aliphatic heterocycles. The first-order valence-corrected chi connectivity index (χ1v) is 7.16. The van der Waals surface area contributed by atoms with Gasteiger partial charge in [0.2, 0.25) is 0 Å². The molecule has 1 atom stereocenters. The molecule has 1 heterocycles. The molecule has 0 bridgehead atoms. The third kappa shape index (κ3) is 4.58. The molecule has 0 aliphatic carbocycles. The van der Waals surface area contributed by atoms with E-state index >= 15 is 0 Å². The first-order valence-electron chi connectivity index (χ1n) is 5.23. The lowest BCUT2D eigenvalue weighted by Crippen LogP contribution is -2.44. The van der Waals surface area contributed by atoms with E-state index in [1.54, 1.807) is 14.2 Å². The van der Waals surface area contributed by atoms with Gasteiger partial charge < -0.3 is 23.1 Å². The highest BCUT2D eigenvalue weighted by molar-refractivity contribution is 6.60. The summed E-state index contributed by atoms with van der Waals surface area (Å²) in [5.74, 6) is 0. The highest BCUT2D eigenvalue weighted by atomic mass is 28.4. The monoisotopic (exact) mass is 236 g/mol. The Morgan fingerprint density at radius 3 is 2.53 bits per heavy atom. The van der Waals surface area contributed by atoms with Gasteiger partial charge in [-0.15, -0.1) is 0 Å². The maximum atomic E-state index is 8.78. The van der Waals surface area contributed by atoms with Crippen molar-refractivity contribution in [3.63, 3.8) is 0 Å². The molecule has 0 unspecified atom stereocenters. The maximum absolute atomic E-state index is 8.78. The summed E-state index contributed by atoms with van der Waals surface area (Å²) in [5.41, 5.74) is 0. The van der Waals surface area contributed by atoms with E-state index in [9.17, 15) is 0 Å². The third-order valence-electron chi connectivity index (χ3n) is 2.43. The van der Waals surface area contributed by atoms with Gasteiger partial charge in [0.25, 0.3) is 0 Å². The van der Waals surface area contributed by atoms with Crippen molar-refractivity contribution < 1.29 is 23.1 Å². The van der Waals surface area contributed by atoms with Gasteiger partial charge in [-0.2, -0.15) is 0 Å². The zero-order valence-electron chi connectivity index (χ0n) is 9.40. The average Bonchev–Trinajstić information content (AvgIpc) is 3.07. The number of aliphatic hydroxyl groups excluding tert-OH is 1. The van der Waals surface area contributed by atoms with E-state index in [2.05, 4.69) is 0 Å². The predicted molar refractivity (Wildman–Crippen MR) is 56.6 cm³/mol. The second-order valence-corrected chi connectivity index (χ2v) is 6.48. The first-order chi connectivity index (χ1) is 7.26. The summed E-state index contributed by atoms with van der Waals surface area (Å²) < 4.78 is 21.4. The summed E-state index contributed by atoms with van der Waals surface area (Å²) >= 11 is 0. The van der Waals surface area contributed by atoms with Crippen molar-refractivity contribution in [1.82, 2.24) is 0 Å². The molecule has 0 spiro atoms. The van der Waals surface area contributed by atoms with Crippen LogP contribution in [0.4, 0.5) is 0 Å². The molecule has 1 saturated heterocycles. The van der Waals surface area contributed by atoms with Crippen molar-refractivity contribution >= 4 is 8.80 Å². The first kappa shape index (κ1) is 13.1. The van der Waals surface area contributed by atoms with Crippen LogP contribution in [0.5, 0.6) is 0 Å². The molecule has 0 saturated carbocycles. The summed E-state index contributed by atoms with van der Waals surface area (Å²) in [7, 11) is 0.677. The van der Waals surface area contributed by atoms with E-state index < -0.39 is 8.80 Å². The van der Waals surface area contributed by atoms with Crippen molar-refractivity contribution in [2.45, 2.75) is 25.0 Å². The largest absolute Gasteiger partial charge is 0.500 e. The fraction of sp³-hybridized carbons (Fsp3) is 1.00. The molecule has 0 aromatic carbocycles. The van der Waals surface area contributed by atoms with Crippen LogP contribution < -0.4 is 0 Å². The summed E-state index contributed by atoms with van der Waals surface area (Å²) in [5, 5.41) is 8.78. The molecule has 15 heavy (non-hydrogen) atoms. The van der Waals surface area contributed by atoms with Crippen LogP contribution in [0.15, 0.2) is 0 Å². The molecule has 6 heteroatoms. The van der Waals surface area contributed by atoms with E-state index in [4.69, 9.17) is 23.1 Å². The van der Waals surface area contributed by atoms with E-state index in [0.29, 0.717) is 25.2 Å². The highest BCUT2D eigenvalue weighted by Gasteiger charge is 2.38. The van der Waals surface area contributed by atoms with Crippen molar-refractivity contribution in [2.75, 3.05) is 34.0 Å². The Kier molecular flexibility index (Phi) is 5.73. The molecule has 0 aromatic heterocycles. The lowest BCUT2D eigenvalue weighted by Gasteiger charge is -2.26. The van der Waals surface area contributed by atoms with Crippen molar-refractivity contribution in [3.05, 3.63) is 0 Å². The quantitative estimate of drug-likeness (QED) is 0.464. The molecule has 1 aliphatic rings. The summed E-state index contributed by atoms with van der Waals surface area (Å²) in [6, 6.07) is 0.655. The van der Waals surface area contributed by atoms with Crippen molar-refractivity contribution in [3.8, 4) is 0 Å². The Labute approximate surface area is 91.7 Å².